The number of para-hydroxylation sites is 1. The van der Waals surface area contributed by atoms with E-state index >= 15 is 0 Å². The predicted molar refractivity (Wildman–Crippen MR) is 117 cm³/mol. The van der Waals surface area contributed by atoms with Crippen LogP contribution in [0.1, 0.15) is 16.1 Å². The highest BCUT2D eigenvalue weighted by Gasteiger charge is 2.13. The second kappa shape index (κ2) is 10.8. The molecule has 32 heavy (non-hydrogen) atoms. The van der Waals surface area contributed by atoms with Crippen molar-refractivity contribution >= 4 is 35.6 Å². The molecule has 2 amide bonds. The van der Waals surface area contributed by atoms with Gasteiger partial charge >= 0.3 is 5.97 Å². The van der Waals surface area contributed by atoms with Crippen molar-refractivity contribution in [3.63, 3.8) is 0 Å². The molecular formula is C22H18ClN3O6. The van der Waals surface area contributed by atoms with Crippen molar-refractivity contribution in [3.05, 3.63) is 77.0 Å². The number of carbonyl (C=O) groups excluding carboxylic acids is 2. The van der Waals surface area contributed by atoms with E-state index in [9.17, 15) is 19.5 Å². The molecule has 0 aliphatic heterocycles. The highest BCUT2D eigenvalue weighted by Crippen LogP contribution is 2.25. The minimum Gasteiger partial charge on any atom is -0.482 e. The number of hydrazone groups is 1. The van der Waals surface area contributed by atoms with Gasteiger partial charge in [-0.3, -0.25) is 9.59 Å². The lowest BCUT2D eigenvalue weighted by Gasteiger charge is -2.08. The number of ether oxygens (including phenoxy) is 1. The Bertz CT molecular complexity index is 1160. The maximum atomic E-state index is 11.8. The molecule has 0 aliphatic rings. The summed E-state index contributed by atoms with van der Waals surface area (Å²) in [5, 5.41) is 15.8. The highest BCUT2D eigenvalue weighted by molar-refractivity contribution is 6.32. The summed E-state index contributed by atoms with van der Waals surface area (Å²) in [5.74, 6) is -1.12. The quantitative estimate of drug-likeness (QED) is 0.336. The summed E-state index contributed by atoms with van der Waals surface area (Å²) < 4.78 is 10.8. The lowest BCUT2D eigenvalue weighted by atomic mass is 10.1. The van der Waals surface area contributed by atoms with Crippen LogP contribution in [0.4, 0.5) is 0 Å². The van der Waals surface area contributed by atoms with Crippen molar-refractivity contribution in [2.45, 2.75) is 0 Å². The van der Waals surface area contributed by atoms with Gasteiger partial charge in [-0.1, -0.05) is 41.9 Å². The van der Waals surface area contributed by atoms with Crippen LogP contribution >= 0.6 is 11.6 Å². The van der Waals surface area contributed by atoms with E-state index in [-0.39, 0.29) is 18.7 Å². The fraction of sp³-hybridized carbons (Fsp3) is 0.0909. The number of amides is 2. The van der Waals surface area contributed by atoms with Crippen molar-refractivity contribution in [3.8, 4) is 17.1 Å². The zero-order chi connectivity index (χ0) is 22.9. The topological polar surface area (TPSA) is 130 Å². The first-order valence-corrected chi connectivity index (χ1v) is 9.70. The first-order valence-electron chi connectivity index (χ1n) is 9.32. The van der Waals surface area contributed by atoms with Gasteiger partial charge in [0.25, 0.3) is 11.8 Å². The molecule has 3 rings (SSSR count). The third-order valence-corrected chi connectivity index (χ3v) is 4.38. The summed E-state index contributed by atoms with van der Waals surface area (Å²) in [7, 11) is 0. The van der Waals surface area contributed by atoms with Crippen molar-refractivity contribution in [1.29, 1.82) is 0 Å². The Morgan fingerprint density at radius 1 is 1.03 bits per heavy atom. The molecule has 3 N–H and O–H groups in total. The van der Waals surface area contributed by atoms with Gasteiger partial charge in [0.05, 0.1) is 23.3 Å². The highest BCUT2D eigenvalue weighted by atomic mass is 35.5. The molecule has 0 saturated heterocycles. The number of hydrogen-bond acceptors (Lipinski definition) is 6. The average molecular weight is 456 g/mol. The lowest BCUT2D eigenvalue weighted by Crippen LogP contribution is -2.37. The molecule has 2 aromatic carbocycles. The van der Waals surface area contributed by atoms with Crippen LogP contribution in [0.2, 0.25) is 5.02 Å². The van der Waals surface area contributed by atoms with E-state index in [0.717, 1.165) is 0 Å². The van der Waals surface area contributed by atoms with Gasteiger partial charge in [-0.15, -0.1) is 0 Å². The average Bonchev–Trinajstić information content (AvgIpc) is 3.26. The van der Waals surface area contributed by atoms with Gasteiger partial charge in [0, 0.05) is 5.56 Å². The van der Waals surface area contributed by atoms with Gasteiger partial charge in [-0.25, -0.2) is 10.2 Å². The number of carboxylic acids is 1. The molecule has 9 nitrogen and oxygen atoms in total. The minimum absolute atomic E-state index is 0.105. The van der Waals surface area contributed by atoms with E-state index in [1.165, 1.54) is 12.3 Å². The summed E-state index contributed by atoms with van der Waals surface area (Å²) in [6, 6.07) is 16.3. The van der Waals surface area contributed by atoms with Crippen LogP contribution in [0, 0.1) is 0 Å². The third-order valence-electron chi connectivity index (χ3n) is 4.07. The van der Waals surface area contributed by atoms with E-state index in [1.807, 2.05) is 0 Å². The molecule has 1 aromatic heterocycles. The molecule has 3 aromatic rings. The normalized spacial score (nSPS) is 10.7. The second-order valence-electron chi connectivity index (χ2n) is 6.34. The summed E-state index contributed by atoms with van der Waals surface area (Å²) in [4.78, 5) is 34.9. The molecule has 0 atom stereocenters. The van der Waals surface area contributed by atoms with Crippen LogP contribution in [-0.4, -0.2) is 42.3 Å². The maximum absolute atomic E-state index is 11.8. The Balaban J connectivity index is 1.45. The van der Waals surface area contributed by atoms with Crippen LogP contribution in [-0.2, 0) is 9.59 Å². The molecular weight excluding hydrogens is 438 g/mol. The van der Waals surface area contributed by atoms with Gasteiger partial charge < -0.3 is 19.6 Å². The zero-order valence-electron chi connectivity index (χ0n) is 16.6. The Morgan fingerprint density at radius 3 is 2.56 bits per heavy atom. The lowest BCUT2D eigenvalue weighted by molar-refractivity contribution is -0.127. The van der Waals surface area contributed by atoms with Gasteiger partial charge in [0.1, 0.15) is 17.3 Å². The van der Waals surface area contributed by atoms with Crippen LogP contribution in [0.3, 0.4) is 0 Å². The second-order valence-corrected chi connectivity index (χ2v) is 6.75. The number of hydrogen-bond donors (Lipinski definition) is 3. The summed E-state index contributed by atoms with van der Waals surface area (Å²) in [6.45, 7) is -0.606. The van der Waals surface area contributed by atoms with Crippen LogP contribution in [0.25, 0.3) is 11.3 Å². The number of furan rings is 1. The van der Waals surface area contributed by atoms with Crippen molar-refractivity contribution in [1.82, 2.24) is 10.7 Å². The Hall–Kier alpha value is -4.11. The first-order chi connectivity index (χ1) is 15.4. The third kappa shape index (κ3) is 6.19. The smallest absolute Gasteiger partial charge is 0.336 e. The Morgan fingerprint density at radius 2 is 1.78 bits per heavy atom. The van der Waals surface area contributed by atoms with Gasteiger partial charge in [0.2, 0.25) is 0 Å². The number of aromatic carboxylic acids is 1. The van der Waals surface area contributed by atoms with Crippen LogP contribution < -0.4 is 15.5 Å². The van der Waals surface area contributed by atoms with Crippen LogP contribution in [0.5, 0.6) is 5.75 Å². The minimum atomic E-state index is -1.07. The molecule has 0 fully saturated rings. The van der Waals surface area contributed by atoms with Crippen LogP contribution in [0.15, 0.2) is 70.2 Å². The first kappa shape index (κ1) is 22.6. The van der Waals surface area contributed by atoms with E-state index in [0.29, 0.717) is 27.9 Å². The monoisotopic (exact) mass is 455 g/mol. The van der Waals surface area contributed by atoms with Gasteiger partial charge in [0.15, 0.2) is 6.61 Å². The molecule has 0 radical (unpaired) electrons. The molecule has 0 aliphatic carbocycles. The number of rotatable bonds is 9. The maximum Gasteiger partial charge on any atom is 0.336 e. The Kier molecular flexibility index (Phi) is 7.60. The summed E-state index contributed by atoms with van der Waals surface area (Å²) in [5.41, 5.74) is 2.77. The SMILES string of the molecule is O=C(COc1ccccc1Cl)NCC(=O)N/N=C\c1ccc(-c2ccccc2C(=O)O)o1. The molecule has 1 heterocycles. The fourth-order valence-corrected chi connectivity index (χ4v) is 2.78. The van der Waals surface area contributed by atoms with Gasteiger partial charge in [-0.2, -0.15) is 5.10 Å². The molecule has 10 heteroatoms. The summed E-state index contributed by atoms with van der Waals surface area (Å²) >= 11 is 5.93. The number of carbonyl (C=O) groups is 3. The molecule has 164 valence electrons. The number of nitrogens with zero attached hydrogens (tertiary/aromatic N) is 1. The van der Waals surface area contributed by atoms with E-state index in [2.05, 4.69) is 15.8 Å². The standard InChI is InChI=1S/C22H18ClN3O6/c23-17-7-3-4-8-19(17)31-13-21(28)24-12-20(27)26-25-11-14-9-10-18(32-14)15-5-1-2-6-16(15)22(29)30/h1-11H,12-13H2,(H,24,28)(H,26,27)(H,29,30)/b25-11-. The van der Waals surface area contributed by atoms with E-state index in [4.69, 9.17) is 20.8 Å². The number of benzene rings is 2. The fourth-order valence-electron chi connectivity index (χ4n) is 2.59. The van der Waals surface area contributed by atoms with Crippen molar-refractivity contribution in [2.24, 2.45) is 5.10 Å². The molecule has 0 saturated carbocycles. The number of halogens is 1. The molecule has 0 spiro atoms. The van der Waals surface area contributed by atoms with Crippen molar-refractivity contribution < 1.29 is 28.6 Å². The zero-order valence-corrected chi connectivity index (χ0v) is 17.3. The molecule has 0 unspecified atom stereocenters. The Labute approximate surface area is 187 Å². The summed E-state index contributed by atoms with van der Waals surface area (Å²) in [6.07, 6.45) is 1.26. The van der Waals surface area contributed by atoms with E-state index in [1.54, 1.807) is 54.6 Å². The molecule has 0 bridgehead atoms. The van der Waals surface area contributed by atoms with E-state index < -0.39 is 17.8 Å². The van der Waals surface area contributed by atoms with Gasteiger partial charge in [-0.05, 0) is 30.3 Å². The predicted octanol–water partition coefficient (Wildman–Crippen LogP) is 2.94. The largest absolute Gasteiger partial charge is 0.482 e. The van der Waals surface area contributed by atoms with Crippen molar-refractivity contribution in [2.75, 3.05) is 13.2 Å². The number of nitrogens with one attached hydrogen (secondary N) is 2. The number of carboxylic acid groups (broad SMARTS) is 1.